The van der Waals surface area contributed by atoms with Gasteiger partial charge in [-0.25, -0.2) is 14.8 Å². The number of anilines is 1. The van der Waals surface area contributed by atoms with Crippen LogP contribution in [-0.4, -0.2) is 38.8 Å². The van der Waals surface area contributed by atoms with Crippen molar-refractivity contribution in [3.05, 3.63) is 18.1 Å². The van der Waals surface area contributed by atoms with Gasteiger partial charge in [0.2, 0.25) is 0 Å². The minimum Gasteiger partial charge on any atom is -0.476 e. The third-order valence-corrected chi connectivity index (χ3v) is 1.86. The summed E-state index contributed by atoms with van der Waals surface area (Å²) >= 11 is 0. The van der Waals surface area contributed by atoms with Crippen LogP contribution in [0, 0.1) is 0 Å². The lowest BCUT2D eigenvalue weighted by Gasteiger charge is -2.09. The number of aromatic carboxylic acids is 1. The molecule has 0 saturated heterocycles. The predicted molar refractivity (Wildman–Crippen MR) is 53.8 cm³/mol. The molecule has 0 fully saturated rings. The van der Waals surface area contributed by atoms with E-state index in [1.54, 1.807) is 0 Å². The third-order valence-electron chi connectivity index (χ3n) is 1.86. The highest BCUT2D eigenvalue weighted by molar-refractivity contribution is 5.84. The minimum atomic E-state index is -1.11. The number of nitrogens with zero attached hydrogens (tertiary/aromatic N) is 2. The summed E-state index contributed by atoms with van der Waals surface area (Å²) in [6.07, 6.45) is 2.70. The van der Waals surface area contributed by atoms with Crippen molar-refractivity contribution >= 4 is 11.8 Å². The third kappa shape index (κ3) is 3.51. The van der Waals surface area contributed by atoms with Gasteiger partial charge in [0.05, 0.1) is 18.5 Å². The number of rotatable bonds is 5. The first kappa shape index (κ1) is 11.4. The number of aliphatic hydroxyl groups is 1. The zero-order valence-electron chi connectivity index (χ0n) is 8.34. The second-order valence-electron chi connectivity index (χ2n) is 3.04. The maximum absolute atomic E-state index is 10.5. The number of carbonyl (C=O) groups is 1. The molecule has 0 amide bonds. The Kier molecular flexibility index (Phi) is 3.99. The van der Waals surface area contributed by atoms with Gasteiger partial charge < -0.3 is 15.5 Å². The molecule has 1 rings (SSSR count). The van der Waals surface area contributed by atoms with E-state index in [0.29, 0.717) is 18.8 Å². The Morgan fingerprint density at radius 1 is 1.53 bits per heavy atom. The van der Waals surface area contributed by atoms with E-state index in [0.717, 1.165) is 0 Å². The summed E-state index contributed by atoms with van der Waals surface area (Å²) in [4.78, 5) is 18.0. The van der Waals surface area contributed by atoms with Gasteiger partial charge in [0.15, 0.2) is 5.69 Å². The number of aliphatic hydroxyl groups excluding tert-OH is 1. The molecule has 0 aliphatic rings. The number of hydrogen-bond acceptors (Lipinski definition) is 5. The molecule has 1 aromatic heterocycles. The number of nitrogens with one attached hydrogen (secondary N) is 1. The van der Waals surface area contributed by atoms with Crippen LogP contribution in [0.25, 0.3) is 0 Å². The molecule has 1 heterocycles. The lowest BCUT2D eigenvalue weighted by atomic mass is 10.3. The van der Waals surface area contributed by atoms with Crippen LogP contribution in [-0.2, 0) is 0 Å². The van der Waals surface area contributed by atoms with Gasteiger partial charge in [0, 0.05) is 6.54 Å². The van der Waals surface area contributed by atoms with Crippen molar-refractivity contribution in [2.75, 3.05) is 11.9 Å². The first-order valence-electron chi connectivity index (χ1n) is 4.60. The first-order valence-corrected chi connectivity index (χ1v) is 4.60. The topological polar surface area (TPSA) is 95.3 Å². The monoisotopic (exact) mass is 211 g/mol. The fraction of sp³-hybridized carbons (Fsp3) is 0.444. The Hall–Kier alpha value is -1.69. The molecule has 0 spiro atoms. The van der Waals surface area contributed by atoms with E-state index in [-0.39, 0.29) is 5.69 Å². The lowest BCUT2D eigenvalue weighted by Crippen LogP contribution is -2.19. The summed E-state index contributed by atoms with van der Waals surface area (Å²) in [7, 11) is 0. The summed E-state index contributed by atoms with van der Waals surface area (Å²) in [6.45, 7) is 2.24. The molecule has 0 aliphatic carbocycles. The highest BCUT2D eigenvalue weighted by atomic mass is 16.4. The van der Waals surface area contributed by atoms with Gasteiger partial charge >= 0.3 is 5.97 Å². The molecule has 1 unspecified atom stereocenters. The Morgan fingerprint density at radius 3 is 2.73 bits per heavy atom. The number of carboxylic acids is 1. The Morgan fingerprint density at radius 2 is 2.27 bits per heavy atom. The van der Waals surface area contributed by atoms with Crippen LogP contribution in [0.4, 0.5) is 5.82 Å². The van der Waals surface area contributed by atoms with Gasteiger partial charge in [-0.15, -0.1) is 0 Å². The van der Waals surface area contributed by atoms with E-state index in [1.807, 2.05) is 6.92 Å². The molecule has 0 aromatic carbocycles. The summed E-state index contributed by atoms with van der Waals surface area (Å²) in [5.74, 6) is -0.657. The molecule has 15 heavy (non-hydrogen) atoms. The van der Waals surface area contributed by atoms with Crippen LogP contribution >= 0.6 is 0 Å². The van der Waals surface area contributed by atoms with Crippen molar-refractivity contribution in [3.63, 3.8) is 0 Å². The van der Waals surface area contributed by atoms with Crippen molar-refractivity contribution in [1.29, 1.82) is 0 Å². The lowest BCUT2D eigenvalue weighted by molar-refractivity contribution is 0.0690. The normalized spacial score (nSPS) is 12.1. The van der Waals surface area contributed by atoms with E-state index in [2.05, 4.69) is 15.3 Å². The molecule has 0 bridgehead atoms. The molecule has 0 aliphatic heterocycles. The van der Waals surface area contributed by atoms with Crippen molar-refractivity contribution in [1.82, 2.24) is 9.97 Å². The average Bonchev–Trinajstić information content (AvgIpc) is 2.26. The van der Waals surface area contributed by atoms with E-state index in [1.165, 1.54) is 12.4 Å². The Labute approximate surface area is 87.0 Å². The number of carboxylic acid groups (broad SMARTS) is 1. The van der Waals surface area contributed by atoms with Crippen LogP contribution in [0.1, 0.15) is 23.8 Å². The standard InChI is InChI=1S/C9H13N3O3/c1-2-6(13)3-11-8-5-10-7(4-12-8)9(14)15/h4-6,13H,2-3H2,1H3,(H,11,12)(H,14,15). The predicted octanol–water partition coefficient (Wildman–Crippen LogP) is 0.358. The number of aromatic nitrogens is 2. The Balaban J connectivity index is 2.53. The Bertz CT molecular complexity index is 326. The largest absolute Gasteiger partial charge is 0.476 e. The molecule has 6 nitrogen and oxygen atoms in total. The molecule has 6 heteroatoms. The van der Waals surface area contributed by atoms with Gasteiger partial charge in [-0.2, -0.15) is 0 Å². The highest BCUT2D eigenvalue weighted by Crippen LogP contribution is 2.01. The van der Waals surface area contributed by atoms with Gasteiger partial charge in [0.1, 0.15) is 5.82 Å². The summed E-state index contributed by atoms with van der Waals surface area (Å²) in [5, 5.41) is 20.7. The SMILES string of the molecule is CCC(O)CNc1cnc(C(=O)O)cn1. The highest BCUT2D eigenvalue weighted by Gasteiger charge is 2.05. The van der Waals surface area contributed by atoms with Gasteiger partial charge in [-0.05, 0) is 6.42 Å². The van der Waals surface area contributed by atoms with Crippen molar-refractivity contribution in [2.24, 2.45) is 0 Å². The zero-order chi connectivity index (χ0) is 11.3. The summed E-state index contributed by atoms with van der Waals surface area (Å²) < 4.78 is 0. The van der Waals surface area contributed by atoms with Crippen molar-refractivity contribution < 1.29 is 15.0 Å². The zero-order valence-corrected chi connectivity index (χ0v) is 8.34. The fourth-order valence-electron chi connectivity index (χ4n) is 0.896. The molecular weight excluding hydrogens is 198 g/mol. The maximum Gasteiger partial charge on any atom is 0.356 e. The molecule has 1 aromatic rings. The quantitative estimate of drug-likeness (QED) is 0.650. The first-order chi connectivity index (χ1) is 7.13. The van der Waals surface area contributed by atoms with Crippen molar-refractivity contribution in [2.45, 2.75) is 19.4 Å². The maximum atomic E-state index is 10.5. The second kappa shape index (κ2) is 5.26. The smallest absolute Gasteiger partial charge is 0.356 e. The van der Waals surface area contributed by atoms with E-state index in [9.17, 15) is 9.90 Å². The van der Waals surface area contributed by atoms with Crippen LogP contribution in [0.2, 0.25) is 0 Å². The summed E-state index contributed by atoms with van der Waals surface area (Å²) in [5.41, 5.74) is -0.100. The minimum absolute atomic E-state index is 0.100. The van der Waals surface area contributed by atoms with E-state index >= 15 is 0 Å². The molecule has 82 valence electrons. The summed E-state index contributed by atoms with van der Waals surface area (Å²) in [6, 6.07) is 0. The molecular formula is C9H13N3O3. The van der Waals surface area contributed by atoms with Crippen LogP contribution in [0.3, 0.4) is 0 Å². The van der Waals surface area contributed by atoms with E-state index in [4.69, 9.17) is 5.11 Å². The van der Waals surface area contributed by atoms with Gasteiger partial charge in [-0.3, -0.25) is 0 Å². The van der Waals surface area contributed by atoms with Gasteiger partial charge in [0.25, 0.3) is 0 Å². The molecule has 0 saturated carbocycles. The fourth-order valence-corrected chi connectivity index (χ4v) is 0.896. The average molecular weight is 211 g/mol. The van der Waals surface area contributed by atoms with Crippen molar-refractivity contribution in [3.8, 4) is 0 Å². The van der Waals surface area contributed by atoms with Gasteiger partial charge in [-0.1, -0.05) is 6.92 Å². The van der Waals surface area contributed by atoms with Crippen LogP contribution in [0.15, 0.2) is 12.4 Å². The molecule has 1 atom stereocenters. The molecule has 0 radical (unpaired) electrons. The van der Waals surface area contributed by atoms with Crippen LogP contribution in [0.5, 0.6) is 0 Å². The van der Waals surface area contributed by atoms with E-state index < -0.39 is 12.1 Å². The second-order valence-corrected chi connectivity index (χ2v) is 3.04. The van der Waals surface area contributed by atoms with Crippen LogP contribution < -0.4 is 5.32 Å². The molecule has 3 N–H and O–H groups in total. The number of hydrogen-bond donors (Lipinski definition) is 3.